The highest BCUT2D eigenvalue weighted by Crippen LogP contribution is 2.47. The van der Waals surface area contributed by atoms with E-state index in [2.05, 4.69) is 150 Å². The predicted molar refractivity (Wildman–Crippen MR) is 188 cm³/mol. The van der Waals surface area contributed by atoms with Crippen LogP contribution < -0.4 is 0 Å². The van der Waals surface area contributed by atoms with Gasteiger partial charge >= 0.3 is 0 Å². The van der Waals surface area contributed by atoms with Crippen LogP contribution in [0.4, 0.5) is 0 Å². The molecule has 0 spiro atoms. The van der Waals surface area contributed by atoms with E-state index in [9.17, 15) is 0 Å². The first-order valence-electron chi connectivity index (χ1n) is 16.1. The third-order valence-corrected chi connectivity index (χ3v) is 24.0. The predicted octanol–water partition coefficient (Wildman–Crippen LogP) is 9.91. The van der Waals surface area contributed by atoms with Crippen LogP contribution in [0.3, 0.4) is 0 Å². The molecule has 0 N–H and O–H groups in total. The second-order valence-corrected chi connectivity index (χ2v) is 31.4. The second kappa shape index (κ2) is 12.9. The molecule has 1 aliphatic rings. The van der Waals surface area contributed by atoms with E-state index in [0.29, 0.717) is 6.61 Å². The molecular formula is C35H61NO4Si3. The second-order valence-electron chi connectivity index (χ2n) is 17.1. The van der Waals surface area contributed by atoms with Gasteiger partial charge in [-0.3, -0.25) is 4.98 Å². The molecule has 0 amide bonds. The summed E-state index contributed by atoms with van der Waals surface area (Å²) >= 11 is 0. The molecular weight excluding hydrogens is 583 g/mol. The lowest BCUT2D eigenvalue weighted by Gasteiger charge is -2.44. The first-order chi connectivity index (χ1) is 19.5. The van der Waals surface area contributed by atoms with Crippen molar-refractivity contribution < 1.29 is 18.0 Å². The summed E-state index contributed by atoms with van der Waals surface area (Å²) in [5, 5.41) is 0.188. The van der Waals surface area contributed by atoms with Gasteiger partial charge in [-0.05, 0) is 72.1 Å². The number of aromatic nitrogens is 1. The Morgan fingerprint density at radius 3 is 1.67 bits per heavy atom. The number of hydrogen-bond donors (Lipinski definition) is 0. The van der Waals surface area contributed by atoms with Crippen molar-refractivity contribution >= 4 is 25.0 Å². The first kappa shape index (κ1) is 36.3. The Bertz CT molecular complexity index is 1200. The Morgan fingerprint density at radius 2 is 1.16 bits per heavy atom. The third-order valence-electron chi connectivity index (χ3n) is 10.5. The minimum absolute atomic E-state index is 0.0391. The maximum absolute atomic E-state index is 7.32. The van der Waals surface area contributed by atoms with Gasteiger partial charge < -0.3 is 18.0 Å². The minimum Gasteiger partial charge on any atom is -0.414 e. The number of benzene rings is 1. The lowest BCUT2D eigenvalue weighted by Crippen LogP contribution is -2.54. The molecule has 1 aromatic carbocycles. The third kappa shape index (κ3) is 8.77. The van der Waals surface area contributed by atoms with Crippen molar-refractivity contribution in [3.63, 3.8) is 0 Å². The average molecular weight is 644 g/mol. The summed E-state index contributed by atoms with van der Waals surface area (Å²) in [4.78, 5) is 5.19. The van der Waals surface area contributed by atoms with Gasteiger partial charge in [-0.15, -0.1) is 0 Å². The lowest BCUT2D eigenvalue weighted by molar-refractivity contribution is -0.0186. The molecule has 1 saturated heterocycles. The lowest BCUT2D eigenvalue weighted by atomic mass is 10.0. The molecule has 1 aliphatic heterocycles. The summed E-state index contributed by atoms with van der Waals surface area (Å²) in [5.74, 6) is 0. The van der Waals surface area contributed by atoms with Crippen molar-refractivity contribution in [3.05, 3.63) is 65.5 Å². The molecule has 0 radical (unpaired) electrons. The zero-order chi connectivity index (χ0) is 32.6. The van der Waals surface area contributed by atoms with Gasteiger partial charge in [0.1, 0.15) is 24.4 Å². The van der Waals surface area contributed by atoms with Gasteiger partial charge in [0.25, 0.3) is 0 Å². The van der Waals surface area contributed by atoms with Crippen molar-refractivity contribution in [2.45, 2.75) is 148 Å². The van der Waals surface area contributed by atoms with E-state index in [0.717, 1.165) is 17.8 Å². The van der Waals surface area contributed by atoms with Crippen molar-refractivity contribution in [3.8, 4) is 0 Å². The zero-order valence-electron chi connectivity index (χ0n) is 29.9. The number of pyridine rings is 1. The standard InChI is InChI=1S/C35H61NO4Si3/c1-33(2,3)41(10,11)37-25-29-31(39-42(12,13)34(4,5)6)32(40-43(14,15)35(7,8)9)30(38-29)28-23-19-22-27(36-28)24-26-20-17-16-18-21-26/h16-23,29-32H,24-25H2,1-15H3/t29-,30+,31-,32+/m1/s1. The molecule has 1 fully saturated rings. The first-order valence-corrected chi connectivity index (χ1v) is 24.8. The van der Waals surface area contributed by atoms with Crippen molar-refractivity contribution in [2.75, 3.05) is 6.61 Å². The summed E-state index contributed by atoms with van der Waals surface area (Å²) in [6.45, 7) is 35.0. The van der Waals surface area contributed by atoms with Crippen LogP contribution in [0.2, 0.25) is 54.4 Å². The van der Waals surface area contributed by atoms with E-state index in [4.69, 9.17) is 23.0 Å². The largest absolute Gasteiger partial charge is 0.414 e. The topological polar surface area (TPSA) is 49.8 Å². The number of ether oxygens (including phenoxy) is 1. The van der Waals surface area contributed by atoms with Gasteiger partial charge in [0, 0.05) is 12.1 Å². The van der Waals surface area contributed by atoms with Crippen LogP contribution in [0, 0.1) is 0 Å². The maximum atomic E-state index is 7.32. The fourth-order valence-corrected chi connectivity index (χ4v) is 8.10. The van der Waals surface area contributed by atoms with E-state index >= 15 is 0 Å². The van der Waals surface area contributed by atoms with Crippen LogP contribution in [0.15, 0.2) is 48.5 Å². The fourth-order valence-electron chi connectivity index (χ4n) is 4.47. The van der Waals surface area contributed by atoms with E-state index in [1.54, 1.807) is 0 Å². The number of nitrogens with zero attached hydrogens (tertiary/aromatic N) is 1. The SMILES string of the molecule is CC(C)(C)[Si](C)(C)OC[C@H]1O[C@@H](c2cccc(Cc3ccccc3)n2)[C@H](O[Si](C)(C)C(C)(C)C)[C@@H]1O[Si](C)(C)C(C)(C)C. The molecule has 0 saturated carbocycles. The van der Waals surface area contributed by atoms with Crippen molar-refractivity contribution in [2.24, 2.45) is 0 Å². The molecule has 8 heteroatoms. The number of hydrogen-bond acceptors (Lipinski definition) is 5. The van der Waals surface area contributed by atoms with Crippen LogP contribution in [-0.4, -0.2) is 54.9 Å². The van der Waals surface area contributed by atoms with Crippen LogP contribution >= 0.6 is 0 Å². The van der Waals surface area contributed by atoms with Crippen LogP contribution in [0.1, 0.15) is 85.4 Å². The molecule has 0 aliphatic carbocycles. The Labute approximate surface area is 266 Å². The fraction of sp³-hybridized carbons (Fsp3) is 0.686. The molecule has 5 nitrogen and oxygen atoms in total. The highest BCUT2D eigenvalue weighted by Gasteiger charge is 2.55. The molecule has 1 aromatic heterocycles. The van der Waals surface area contributed by atoms with Crippen LogP contribution in [0.25, 0.3) is 0 Å². The molecule has 43 heavy (non-hydrogen) atoms. The Kier molecular flexibility index (Phi) is 10.9. The molecule has 2 heterocycles. The van der Waals surface area contributed by atoms with Crippen molar-refractivity contribution in [1.29, 1.82) is 0 Å². The van der Waals surface area contributed by atoms with Gasteiger partial charge in [0.2, 0.25) is 0 Å². The summed E-state index contributed by atoms with van der Waals surface area (Å²) < 4.78 is 28.5. The van der Waals surface area contributed by atoms with E-state index < -0.39 is 25.0 Å². The Balaban J connectivity index is 2.09. The minimum atomic E-state index is -2.21. The Hall–Kier alpha value is -1.14. The van der Waals surface area contributed by atoms with Gasteiger partial charge in [0.15, 0.2) is 25.0 Å². The molecule has 242 valence electrons. The Morgan fingerprint density at radius 1 is 0.651 bits per heavy atom. The molecule has 0 unspecified atom stereocenters. The summed E-state index contributed by atoms with van der Waals surface area (Å²) in [6.07, 6.45) is -0.334. The maximum Gasteiger partial charge on any atom is 0.192 e. The monoisotopic (exact) mass is 643 g/mol. The van der Waals surface area contributed by atoms with Gasteiger partial charge in [-0.25, -0.2) is 0 Å². The van der Waals surface area contributed by atoms with E-state index in [1.165, 1.54) is 5.56 Å². The quantitative estimate of drug-likeness (QED) is 0.241. The normalized spacial score (nSPS) is 22.7. The summed E-state index contributed by atoms with van der Waals surface area (Å²) in [5.41, 5.74) is 3.19. The highest BCUT2D eigenvalue weighted by atomic mass is 28.4. The zero-order valence-corrected chi connectivity index (χ0v) is 32.9. The van der Waals surface area contributed by atoms with Crippen LogP contribution in [-0.2, 0) is 24.4 Å². The molecule has 3 rings (SSSR count). The van der Waals surface area contributed by atoms with Gasteiger partial charge in [0.05, 0.1) is 12.3 Å². The van der Waals surface area contributed by atoms with Gasteiger partial charge in [-0.2, -0.15) is 0 Å². The summed E-state index contributed by atoms with van der Waals surface area (Å²) in [6, 6.07) is 16.8. The summed E-state index contributed by atoms with van der Waals surface area (Å²) in [7, 11) is -6.42. The van der Waals surface area contributed by atoms with Gasteiger partial charge in [-0.1, -0.05) is 98.7 Å². The number of rotatable bonds is 10. The van der Waals surface area contributed by atoms with E-state index in [1.807, 2.05) is 0 Å². The molecule has 4 atom stereocenters. The van der Waals surface area contributed by atoms with Crippen LogP contribution in [0.5, 0.6) is 0 Å². The van der Waals surface area contributed by atoms with E-state index in [-0.39, 0.29) is 39.5 Å². The average Bonchev–Trinajstić information content (AvgIpc) is 3.17. The van der Waals surface area contributed by atoms with Crippen molar-refractivity contribution in [1.82, 2.24) is 4.98 Å². The molecule has 0 bridgehead atoms. The molecule has 2 aromatic rings. The smallest absolute Gasteiger partial charge is 0.192 e. The highest BCUT2D eigenvalue weighted by molar-refractivity contribution is 6.75.